The molecule has 4 aromatic rings. The Morgan fingerprint density at radius 1 is 1.12 bits per heavy atom. The Kier molecular flexibility index (Phi) is 4.04. The van der Waals surface area contributed by atoms with Crippen molar-refractivity contribution < 1.29 is 9.18 Å². The highest BCUT2D eigenvalue weighted by Crippen LogP contribution is 2.22. The van der Waals surface area contributed by atoms with Crippen LogP contribution >= 0.6 is 11.8 Å². The summed E-state index contributed by atoms with van der Waals surface area (Å²) in [6.07, 6.45) is 0. The first-order chi connectivity index (χ1) is 12.6. The fraction of sp³-hybridized carbons (Fsp3) is 0.111. The highest BCUT2D eigenvalue weighted by molar-refractivity contribution is 7.99. The van der Waals surface area contributed by atoms with E-state index in [1.807, 2.05) is 12.1 Å². The summed E-state index contributed by atoms with van der Waals surface area (Å²) in [5, 5.41) is 9.28. The first kappa shape index (κ1) is 16.5. The van der Waals surface area contributed by atoms with Crippen LogP contribution in [0.2, 0.25) is 0 Å². The largest absolute Gasteiger partial charge is 0.293 e. The summed E-state index contributed by atoms with van der Waals surface area (Å²) < 4.78 is 16.2. The molecule has 0 unspecified atom stereocenters. The van der Waals surface area contributed by atoms with Gasteiger partial charge in [0, 0.05) is 12.6 Å². The molecule has 6 nitrogen and oxygen atoms in total. The fourth-order valence-corrected chi connectivity index (χ4v) is 3.59. The van der Waals surface area contributed by atoms with Crippen LogP contribution in [0, 0.1) is 5.82 Å². The number of halogens is 1. The number of aromatic nitrogens is 4. The van der Waals surface area contributed by atoms with Gasteiger partial charge in [-0.3, -0.25) is 18.6 Å². The molecule has 0 saturated heterocycles. The topological polar surface area (TPSA) is 69.3 Å². The van der Waals surface area contributed by atoms with Crippen LogP contribution in [0.3, 0.4) is 0 Å². The third kappa shape index (κ3) is 2.68. The lowest BCUT2D eigenvalue weighted by molar-refractivity contribution is 0.102. The van der Waals surface area contributed by atoms with Crippen LogP contribution < -0.4 is 5.56 Å². The van der Waals surface area contributed by atoms with Gasteiger partial charge in [-0.25, -0.2) is 4.39 Å². The Balaban J connectivity index is 1.72. The molecule has 0 atom stereocenters. The van der Waals surface area contributed by atoms with Crippen molar-refractivity contribution in [1.29, 1.82) is 0 Å². The SMILES string of the molecule is Cn1c(=O)c2ccccc2n2c(SCC(=O)c3ccc(F)cc3)nnc12. The zero-order valence-electron chi connectivity index (χ0n) is 13.7. The number of ketones is 1. The molecule has 0 spiro atoms. The van der Waals surface area contributed by atoms with Gasteiger partial charge >= 0.3 is 0 Å². The van der Waals surface area contributed by atoms with E-state index in [4.69, 9.17) is 0 Å². The van der Waals surface area contributed by atoms with Crippen molar-refractivity contribution in [2.75, 3.05) is 5.75 Å². The van der Waals surface area contributed by atoms with Gasteiger partial charge in [0.2, 0.25) is 5.78 Å². The molecule has 0 saturated carbocycles. The average molecular weight is 368 g/mol. The van der Waals surface area contributed by atoms with Gasteiger partial charge in [-0.05, 0) is 36.4 Å². The van der Waals surface area contributed by atoms with E-state index in [9.17, 15) is 14.0 Å². The van der Waals surface area contributed by atoms with Crippen LogP contribution in [0.25, 0.3) is 16.7 Å². The molecular weight excluding hydrogens is 355 g/mol. The van der Waals surface area contributed by atoms with E-state index in [1.54, 1.807) is 23.6 Å². The molecule has 0 fully saturated rings. The van der Waals surface area contributed by atoms with Crippen LogP contribution in [0.1, 0.15) is 10.4 Å². The summed E-state index contributed by atoms with van der Waals surface area (Å²) in [6, 6.07) is 12.6. The van der Waals surface area contributed by atoms with E-state index in [0.29, 0.717) is 27.4 Å². The van der Waals surface area contributed by atoms with Crippen LogP contribution in [0.5, 0.6) is 0 Å². The Hall–Kier alpha value is -3.00. The van der Waals surface area contributed by atoms with Gasteiger partial charge in [-0.15, -0.1) is 10.2 Å². The Morgan fingerprint density at radius 3 is 2.62 bits per heavy atom. The van der Waals surface area contributed by atoms with Gasteiger partial charge in [-0.1, -0.05) is 23.9 Å². The van der Waals surface area contributed by atoms with Crippen molar-refractivity contribution in [3.63, 3.8) is 0 Å². The molecule has 4 rings (SSSR count). The highest BCUT2D eigenvalue weighted by atomic mass is 32.2. The van der Waals surface area contributed by atoms with Gasteiger partial charge in [0.15, 0.2) is 10.9 Å². The summed E-state index contributed by atoms with van der Waals surface area (Å²) in [5.74, 6) is 0.0141. The molecular formula is C18H13FN4O2S. The third-order valence-electron chi connectivity index (χ3n) is 4.09. The van der Waals surface area contributed by atoms with Crippen molar-refractivity contribution in [3.8, 4) is 0 Å². The smallest absolute Gasteiger partial charge is 0.262 e. The quantitative estimate of drug-likeness (QED) is 0.409. The number of thioether (sulfide) groups is 1. The number of aryl methyl sites for hydroxylation is 1. The first-order valence-electron chi connectivity index (χ1n) is 7.80. The lowest BCUT2D eigenvalue weighted by Crippen LogP contribution is -2.20. The summed E-state index contributed by atoms with van der Waals surface area (Å²) in [4.78, 5) is 24.7. The molecule has 0 aliphatic rings. The lowest BCUT2D eigenvalue weighted by Gasteiger charge is -2.07. The van der Waals surface area contributed by atoms with Gasteiger partial charge < -0.3 is 0 Å². The molecule has 0 N–H and O–H groups in total. The monoisotopic (exact) mass is 368 g/mol. The molecule has 130 valence electrons. The van der Waals surface area contributed by atoms with Crippen LogP contribution in [-0.2, 0) is 7.05 Å². The first-order valence-corrected chi connectivity index (χ1v) is 8.79. The second-order valence-corrected chi connectivity index (χ2v) is 6.66. The van der Waals surface area contributed by atoms with E-state index in [1.165, 1.54) is 40.6 Å². The van der Waals surface area contributed by atoms with E-state index < -0.39 is 0 Å². The Morgan fingerprint density at radius 2 is 1.85 bits per heavy atom. The summed E-state index contributed by atoms with van der Waals surface area (Å²) in [5.41, 5.74) is 0.969. The Bertz CT molecular complexity index is 1200. The summed E-state index contributed by atoms with van der Waals surface area (Å²) in [6.45, 7) is 0. The van der Waals surface area contributed by atoms with Crippen LogP contribution in [0.4, 0.5) is 4.39 Å². The van der Waals surface area contributed by atoms with Crippen molar-refractivity contribution in [2.45, 2.75) is 5.16 Å². The summed E-state index contributed by atoms with van der Waals surface area (Å²) >= 11 is 1.22. The second-order valence-electron chi connectivity index (χ2n) is 5.72. The number of benzene rings is 2. The number of carbonyl (C=O) groups excluding carboxylic acids is 1. The van der Waals surface area contributed by atoms with E-state index >= 15 is 0 Å². The van der Waals surface area contributed by atoms with Gasteiger partial charge in [0.25, 0.3) is 5.56 Å². The second kappa shape index (κ2) is 6.38. The molecule has 0 radical (unpaired) electrons. The predicted molar refractivity (Wildman–Crippen MR) is 97.2 cm³/mol. The van der Waals surface area contributed by atoms with Crippen molar-refractivity contribution in [1.82, 2.24) is 19.2 Å². The van der Waals surface area contributed by atoms with Crippen molar-refractivity contribution in [2.24, 2.45) is 7.05 Å². The normalized spacial score (nSPS) is 11.3. The molecule has 8 heteroatoms. The maximum Gasteiger partial charge on any atom is 0.262 e. The molecule has 2 aromatic heterocycles. The van der Waals surface area contributed by atoms with Crippen LogP contribution in [-0.4, -0.2) is 30.7 Å². The maximum atomic E-state index is 13.0. The number of Topliss-reactive ketones (excluding diaryl/α,β-unsaturated/α-hetero) is 1. The van der Waals surface area contributed by atoms with Gasteiger partial charge in [-0.2, -0.15) is 0 Å². The summed E-state index contributed by atoms with van der Waals surface area (Å²) in [7, 11) is 1.64. The number of hydrogen-bond acceptors (Lipinski definition) is 5. The van der Waals surface area contributed by atoms with Crippen LogP contribution in [0.15, 0.2) is 58.5 Å². The average Bonchev–Trinajstić information content (AvgIpc) is 3.09. The minimum Gasteiger partial charge on any atom is -0.293 e. The minimum absolute atomic E-state index is 0.129. The van der Waals surface area contributed by atoms with Crippen molar-refractivity contribution in [3.05, 3.63) is 70.3 Å². The number of hydrogen-bond donors (Lipinski definition) is 0. The molecule has 26 heavy (non-hydrogen) atoms. The fourth-order valence-electron chi connectivity index (χ4n) is 2.75. The van der Waals surface area contributed by atoms with E-state index in [0.717, 1.165) is 0 Å². The molecule has 2 heterocycles. The standard InChI is InChI=1S/C18H13FN4O2S/c1-22-16(25)13-4-2-3-5-14(13)23-17(22)20-21-18(23)26-10-15(24)11-6-8-12(19)9-7-11/h2-9H,10H2,1H3. The number of para-hydroxylation sites is 1. The minimum atomic E-state index is -0.384. The van der Waals surface area contributed by atoms with Gasteiger partial charge in [0.05, 0.1) is 16.7 Å². The number of nitrogens with zero attached hydrogens (tertiary/aromatic N) is 4. The third-order valence-corrected chi connectivity index (χ3v) is 5.02. The zero-order valence-corrected chi connectivity index (χ0v) is 14.5. The highest BCUT2D eigenvalue weighted by Gasteiger charge is 2.16. The number of rotatable bonds is 4. The predicted octanol–water partition coefficient (Wildman–Crippen LogP) is 2.70. The van der Waals surface area contributed by atoms with Gasteiger partial charge in [0.1, 0.15) is 5.82 Å². The molecule has 0 aliphatic carbocycles. The molecule has 0 aliphatic heterocycles. The Labute approximate surface area is 151 Å². The number of carbonyl (C=O) groups is 1. The van der Waals surface area contributed by atoms with Crippen molar-refractivity contribution >= 4 is 34.2 Å². The number of fused-ring (bicyclic) bond motifs is 3. The van der Waals surface area contributed by atoms with E-state index in [2.05, 4.69) is 10.2 Å². The lowest BCUT2D eigenvalue weighted by atomic mass is 10.1. The molecule has 0 amide bonds. The van der Waals surface area contributed by atoms with E-state index in [-0.39, 0.29) is 22.9 Å². The molecule has 0 bridgehead atoms. The zero-order chi connectivity index (χ0) is 18.3. The molecule has 2 aromatic carbocycles. The maximum absolute atomic E-state index is 13.0.